The van der Waals surface area contributed by atoms with Gasteiger partial charge in [-0.3, -0.25) is 15.6 Å². The molecule has 0 saturated carbocycles. The maximum atomic E-state index is 12.2. The van der Waals surface area contributed by atoms with Crippen LogP contribution in [-0.2, 0) is 6.61 Å². The molecular formula is C21H21N3O3S. The van der Waals surface area contributed by atoms with Gasteiger partial charge in [0.15, 0.2) is 10.9 Å². The molecule has 0 unspecified atom stereocenters. The smallest absolute Gasteiger partial charge is 0.305 e. The zero-order chi connectivity index (χ0) is 19.9. The number of carbonyl (C=O) groups excluding carboxylic acids is 1. The van der Waals surface area contributed by atoms with E-state index in [1.54, 1.807) is 12.1 Å². The predicted octanol–water partition coefficient (Wildman–Crippen LogP) is 4.11. The van der Waals surface area contributed by atoms with Gasteiger partial charge in [0.1, 0.15) is 18.1 Å². The van der Waals surface area contributed by atoms with E-state index in [4.69, 9.17) is 21.4 Å². The molecule has 144 valence electrons. The lowest BCUT2D eigenvalue weighted by molar-refractivity contribution is 0.0912. The SMILES string of the molecule is Cc1cccc(NC(=S)NNC(=O)c2ccc(COc3ccccc3)o2)c1C. The summed E-state index contributed by atoms with van der Waals surface area (Å²) in [5, 5.41) is 3.34. The third-order valence-corrected chi connectivity index (χ3v) is 4.36. The lowest BCUT2D eigenvalue weighted by Gasteiger charge is -2.13. The number of amides is 1. The van der Waals surface area contributed by atoms with Gasteiger partial charge >= 0.3 is 5.91 Å². The number of thiocarbonyl (C=S) groups is 1. The lowest BCUT2D eigenvalue weighted by atomic mass is 10.1. The molecule has 2 aromatic carbocycles. The Morgan fingerprint density at radius 3 is 2.57 bits per heavy atom. The molecule has 6 nitrogen and oxygen atoms in total. The van der Waals surface area contributed by atoms with Crippen LogP contribution in [0.1, 0.15) is 27.4 Å². The van der Waals surface area contributed by atoms with Crippen LogP contribution in [0, 0.1) is 13.8 Å². The number of hydrazine groups is 1. The summed E-state index contributed by atoms with van der Waals surface area (Å²) in [5.74, 6) is 1.00. The van der Waals surface area contributed by atoms with E-state index in [1.165, 1.54) is 0 Å². The van der Waals surface area contributed by atoms with E-state index in [9.17, 15) is 4.79 Å². The van der Waals surface area contributed by atoms with Gasteiger partial charge in [-0.1, -0.05) is 30.3 Å². The first-order valence-corrected chi connectivity index (χ1v) is 9.14. The van der Waals surface area contributed by atoms with Crippen molar-refractivity contribution >= 4 is 28.9 Å². The van der Waals surface area contributed by atoms with Crippen molar-refractivity contribution in [2.75, 3.05) is 5.32 Å². The highest BCUT2D eigenvalue weighted by atomic mass is 32.1. The van der Waals surface area contributed by atoms with E-state index < -0.39 is 5.91 Å². The van der Waals surface area contributed by atoms with E-state index in [-0.39, 0.29) is 17.5 Å². The summed E-state index contributed by atoms with van der Waals surface area (Å²) < 4.78 is 11.1. The van der Waals surface area contributed by atoms with Gasteiger partial charge in [-0.15, -0.1) is 0 Å². The Labute approximate surface area is 168 Å². The maximum Gasteiger partial charge on any atom is 0.305 e. The number of aryl methyl sites for hydroxylation is 1. The Hall–Kier alpha value is -3.32. The van der Waals surface area contributed by atoms with Crippen molar-refractivity contribution in [3.05, 3.63) is 83.3 Å². The van der Waals surface area contributed by atoms with Crippen LogP contribution in [0.3, 0.4) is 0 Å². The second-order valence-corrected chi connectivity index (χ2v) is 6.56. The molecule has 0 aliphatic rings. The second kappa shape index (κ2) is 9.05. The van der Waals surface area contributed by atoms with Crippen molar-refractivity contribution in [3.63, 3.8) is 0 Å². The summed E-state index contributed by atoms with van der Waals surface area (Å²) in [6.07, 6.45) is 0. The molecule has 0 spiro atoms. The molecule has 0 saturated heterocycles. The number of nitrogens with one attached hydrogen (secondary N) is 3. The minimum atomic E-state index is -0.434. The largest absolute Gasteiger partial charge is 0.486 e. The van der Waals surface area contributed by atoms with E-state index in [0.29, 0.717) is 5.76 Å². The molecule has 28 heavy (non-hydrogen) atoms. The third-order valence-electron chi connectivity index (χ3n) is 4.15. The highest BCUT2D eigenvalue weighted by molar-refractivity contribution is 7.80. The topological polar surface area (TPSA) is 75.5 Å². The number of hydrogen-bond acceptors (Lipinski definition) is 4. The number of anilines is 1. The summed E-state index contributed by atoms with van der Waals surface area (Å²) in [5.41, 5.74) is 8.31. The van der Waals surface area contributed by atoms with Crippen LogP contribution in [-0.4, -0.2) is 11.0 Å². The van der Waals surface area contributed by atoms with Crippen LogP contribution in [0.5, 0.6) is 5.75 Å². The van der Waals surface area contributed by atoms with Crippen LogP contribution in [0.25, 0.3) is 0 Å². The molecule has 0 atom stereocenters. The summed E-state index contributed by atoms with van der Waals surface area (Å²) in [4.78, 5) is 12.2. The standard InChI is InChI=1S/C21H21N3O3S/c1-14-7-6-10-18(15(14)2)22-21(28)24-23-20(25)19-12-11-17(27-19)13-26-16-8-4-3-5-9-16/h3-12H,13H2,1-2H3,(H,23,25)(H2,22,24,28). The third kappa shape index (κ3) is 5.11. The number of carbonyl (C=O) groups is 1. The fourth-order valence-electron chi connectivity index (χ4n) is 2.46. The Morgan fingerprint density at radius 2 is 1.79 bits per heavy atom. The molecule has 0 radical (unpaired) electrons. The Balaban J connectivity index is 1.49. The molecule has 3 N–H and O–H groups in total. The normalized spacial score (nSPS) is 10.2. The van der Waals surface area contributed by atoms with Gasteiger partial charge in [-0.25, -0.2) is 0 Å². The van der Waals surface area contributed by atoms with E-state index in [0.717, 1.165) is 22.6 Å². The molecule has 3 aromatic rings. The van der Waals surface area contributed by atoms with Crippen LogP contribution in [0.2, 0.25) is 0 Å². The molecule has 0 aliphatic heterocycles. The van der Waals surface area contributed by atoms with Crippen LogP contribution in [0.4, 0.5) is 5.69 Å². The number of ether oxygens (including phenoxy) is 1. The Bertz CT molecular complexity index is 970. The van der Waals surface area contributed by atoms with E-state index in [1.807, 2.05) is 62.4 Å². The van der Waals surface area contributed by atoms with Crippen molar-refractivity contribution in [1.29, 1.82) is 0 Å². The number of rotatable bonds is 5. The van der Waals surface area contributed by atoms with Gasteiger partial charge in [0.05, 0.1) is 0 Å². The van der Waals surface area contributed by atoms with Crippen molar-refractivity contribution in [1.82, 2.24) is 10.9 Å². The summed E-state index contributed by atoms with van der Waals surface area (Å²) >= 11 is 5.22. The number of furan rings is 1. The fourth-order valence-corrected chi connectivity index (χ4v) is 2.62. The molecular weight excluding hydrogens is 374 g/mol. The maximum absolute atomic E-state index is 12.2. The lowest BCUT2D eigenvalue weighted by Crippen LogP contribution is -2.43. The van der Waals surface area contributed by atoms with Crippen LogP contribution >= 0.6 is 12.2 Å². The quantitative estimate of drug-likeness (QED) is 0.446. The minimum Gasteiger partial charge on any atom is -0.486 e. The van der Waals surface area contributed by atoms with Crippen LogP contribution < -0.4 is 20.9 Å². The minimum absolute atomic E-state index is 0.161. The van der Waals surface area contributed by atoms with Crippen molar-refractivity contribution < 1.29 is 13.9 Å². The van der Waals surface area contributed by atoms with Crippen molar-refractivity contribution in [2.24, 2.45) is 0 Å². The fraction of sp³-hybridized carbons (Fsp3) is 0.143. The number of benzene rings is 2. The zero-order valence-corrected chi connectivity index (χ0v) is 16.4. The van der Waals surface area contributed by atoms with Gasteiger partial charge in [-0.05, 0) is 67.5 Å². The first-order chi connectivity index (χ1) is 13.5. The van der Waals surface area contributed by atoms with Gasteiger partial charge in [-0.2, -0.15) is 0 Å². The molecule has 3 rings (SSSR count). The summed E-state index contributed by atoms with van der Waals surface area (Å²) in [7, 11) is 0. The van der Waals surface area contributed by atoms with Gasteiger partial charge in [0.2, 0.25) is 0 Å². The first kappa shape index (κ1) is 19.4. The summed E-state index contributed by atoms with van der Waals surface area (Å²) in [6.45, 7) is 4.26. The molecule has 0 bridgehead atoms. The van der Waals surface area contributed by atoms with Crippen molar-refractivity contribution in [3.8, 4) is 5.75 Å². The van der Waals surface area contributed by atoms with E-state index in [2.05, 4.69) is 16.2 Å². The molecule has 1 heterocycles. The van der Waals surface area contributed by atoms with Crippen molar-refractivity contribution in [2.45, 2.75) is 20.5 Å². The average Bonchev–Trinajstić information content (AvgIpc) is 3.18. The zero-order valence-electron chi connectivity index (χ0n) is 15.6. The number of para-hydroxylation sites is 1. The second-order valence-electron chi connectivity index (χ2n) is 6.15. The average molecular weight is 395 g/mol. The van der Waals surface area contributed by atoms with Crippen LogP contribution in [0.15, 0.2) is 65.1 Å². The molecule has 1 amide bonds. The van der Waals surface area contributed by atoms with Gasteiger partial charge < -0.3 is 14.5 Å². The highest BCUT2D eigenvalue weighted by Crippen LogP contribution is 2.17. The monoisotopic (exact) mass is 395 g/mol. The van der Waals surface area contributed by atoms with E-state index >= 15 is 0 Å². The number of hydrogen-bond donors (Lipinski definition) is 3. The Kier molecular flexibility index (Phi) is 6.29. The Morgan fingerprint density at radius 1 is 1.00 bits per heavy atom. The molecule has 1 aromatic heterocycles. The molecule has 0 aliphatic carbocycles. The van der Waals surface area contributed by atoms with Gasteiger partial charge in [0.25, 0.3) is 0 Å². The molecule has 0 fully saturated rings. The predicted molar refractivity (Wildman–Crippen MR) is 112 cm³/mol. The summed E-state index contributed by atoms with van der Waals surface area (Å²) in [6, 6.07) is 18.6. The molecule has 7 heteroatoms. The first-order valence-electron chi connectivity index (χ1n) is 8.73. The highest BCUT2D eigenvalue weighted by Gasteiger charge is 2.12. The van der Waals surface area contributed by atoms with Gasteiger partial charge in [0, 0.05) is 5.69 Å².